The number of carbonyl (C=O) groups is 1. The van der Waals surface area contributed by atoms with Crippen molar-refractivity contribution in [2.24, 2.45) is 0 Å². The van der Waals surface area contributed by atoms with E-state index in [0.717, 1.165) is 17.8 Å². The number of amides is 1. The molecule has 23 heavy (non-hydrogen) atoms. The third-order valence-corrected chi connectivity index (χ3v) is 4.34. The van der Waals surface area contributed by atoms with E-state index in [1.807, 2.05) is 37.4 Å². The summed E-state index contributed by atoms with van der Waals surface area (Å²) in [6, 6.07) is 15.4. The molecule has 0 aliphatic carbocycles. The van der Waals surface area contributed by atoms with Crippen LogP contribution in [0.5, 0.6) is 0 Å². The third-order valence-electron chi connectivity index (χ3n) is 3.63. The second-order valence-electron chi connectivity index (χ2n) is 5.31. The van der Waals surface area contributed by atoms with Gasteiger partial charge in [0.2, 0.25) is 5.91 Å². The maximum Gasteiger partial charge on any atom is 0.220 e. The lowest BCUT2D eigenvalue weighted by molar-refractivity contribution is -0.120. The molecule has 0 aromatic heterocycles. The zero-order chi connectivity index (χ0) is 16.7. The summed E-state index contributed by atoms with van der Waals surface area (Å²) in [4.78, 5) is 14.0. The summed E-state index contributed by atoms with van der Waals surface area (Å²) < 4.78 is 0. The molecule has 0 atom stereocenters. The van der Waals surface area contributed by atoms with Gasteiger partial charge in [-0.05, 0) is 36.2 Å². The highest BCUT2D eigenvalue weighted by Crippen LogP contribution is 2.25. The van der Waals surface area contributed by atoms with Crippen molar-refractivity contribution < 1.29 is 4.79 Å². The predicted molar refractivity (Wildman–Crippen MR) is 97.5 cm³/mol. The summed E-state index contributed by atoms with van der Waals surface area (Å²) in [5, 5.41) is 4.14. The molecule has 0 radical (unpaired) electrons. The van der Waals surface area contributed by atoms with Gasteiger partial charge in [-0.15, -0.1) is 0 Å². The van der Waals surface area contributed by atoms with Crippen LogP contribution < -0.4 is 10.2 Å². The van der Waals surface area contributed by atoms with Crippen molar-refractivity contribution in [3.63, 3.8) is 0 Å². The average molecular weight is 351 g/mol. The Morgan fingerprint density at radius 3 is 2.35 bits per heavy atom. The van der Waals surface area contributed by atoms with Crippen molar-refractivity contribution in [1.29, 1.82) is 0 Å². The highest BCUT2D eigenvalue weighted by atomic mass is 35.5. The summed E-state index contributed by atoms with van der Waals surface area (Å²) in [6.45, 7) is 1.35. The Morgan fingerprint density at radius 2 is 1.70 bits per heavy atom. The predicted octanol–water partition coefficient (Wildman–Crippen LogP) is 4.18. The summed E-state index contributed by atoms with van der Waals surface area (Å²) in [5.74, 6) is 0.00227. The molecule has 0 heterocycles. The SMILES string of the molecule is CN(CCNC(=O)CCc1c(Cl)cccc1Cl)c1ccccc1. The molecule has 0 fully saturated rings. The number of hydrogen-bond donors (Lipinski definition) is 1. The van der Waals surface area contributed by atoms with Gasteiger partial charge in [0.15, 0.2) is 0 Å². The van der Waals surface area contributed by atoms with Crippen molar-refractivity contribution in [1.82, 2.24) is 5.32 Å². The topological polar surface area (TPSA) is 32.3 Å². The molecule has 0 aliphatic heterocycles. The second kappa shape index (κ2) is 8.80. The molecule has 0 aliphatic rings. The molecule has 0 saturated heterocycles. The van der Waals surface area contributed by atoms with E-state index in [1.165, 1.54) is 0 Å². The number of nitrogens with one attached hydrogen (secondary N) is 1. The lowest BCUT2D eigenvalue weighted by atomic mass is 10.1. The quantitative estimate of drug-likeness (QED) is 0.812. The van der Waals surface area contributed by atoms with E-state index in [-0.39, 0.29) is 5.91 Å². The minimum Gasteiger partial charge on any atom is -0.373 e. The molecule has 2 aromatic rings. The number of hydrogen-bond acceptors (Lipinski definition) is 2. The number of likely N-dealkylation sites (N-methyl/N-ethyl adjacent to an activating group) is 1. The van der Waals surface area contributed by atoms with E-state index in [2.05, 4.69) is 10.2 Å². The van der Waals surface area contributed by atoms with Gasteiger partial charge < -0.3 is 10.2 Å². The van der Waals surface area contributed by atoms with Crippen LogP contribution in [0.2, 0.25) is 10.0 Å². The highest BCUT2D eigenvalue weighted by Gasteiger charge is 2.08. The van der Waals surface area contributed by atoms with Crippen LogP contribution in [0, 0.1) is 0 Å². The summed E-state index contributed by atoms with van der Waals surface area (Å²) in [5.41, 5.74) is 1.96. The molecular formula is C18H20Cl2N2O. The van der Waals surface area contributed by atoms with Crippen LogP contribution >= 0.6 is 23.2 Å². The number of carbonyl (C=O) groups excluding carboxylic acids is 1. The first-order chi connectivity index (χ1) is 11.1. The fourth-order valence-electron chi connectivity index (χ4n) is 2.27. The van der Waals surface area contributed by atoms with E-state index < -0.39 is 0 Å². The summed E-state index contributed by atoms with van der Waals surface area (Å²) in [7, 11) is 2.00. The normalized spacial score (nSPS) is 10.4. The fraction of sp³-hybridized carbons (Fsp3) is 0.278. The first-order valence-corrected chi connectivity index (χ1v) is 8.29. The maximum absolute atomic E-state index is 11.9. The lowest BCUT2D eigenvalue weighted by Gasteiger charge is -2.19. The highest BCUT2D eigenvalue weighted by molar-refractivity contribution is 6.36. The average Bonchev–Trinajstić information content (AvgIpc) is 2.55. The fourth-order valence-corrected chi connectivity index (χ4v) is 2.86. The van der Waals surface area contributed by atoms with Crippen LogP contribution in [0.1, 0.15) is 12.0 Å². The van der Waals surface area contributed by atoms with Crippen LogP contribution in [0.3, 0.4) is 0 Å². The number of para-hydroxylation sites is 1. The summed E-state index contributed by atoms with van der Waals surface area (Å²) in [6.07, 6.45) is 0.914. The number of halogens is 2. The Balaban J connectivity index is 1.73. The van der Waals surface area contributed by atoms with Crippen LogP contribution in [0.4, 0.5) is 5.69 Å². The van der Waals surface area contributed by atoms with Gasteiger partial charge in [-0.3, -0.25) is 4.79 Å². The molecular weight excluding hydrogens is 331 g/mol. The lowest BCUT2D eigenvalue weighted by Crippen LogP contribution is -2.33. The van der Waals surface area contributed by atoms with E-state index in [4.69, 9.17) is 23.2 Å². The maximum atomic E-state index is 11.9. The zero-order valence-corrected chi connectivity index (χ0v) is 14.6. The molecule has 2 rings (SSSR count). The Bertz CT molecular complexity index is 626. The van der Waals surface area contributed by atoms with Crippen LogP contribution in [0.15, 0.2) is 48.5 Å². The van der Waals surface area contributed by atoms with E-state index in [9.17, 15) is 4.79 Å². The molecule has 0 bridgehead atoms. The number of nitrogens with zero attached hydrogens (tertiary/aromatic N) is 1. The largest absolute Gasteiger partial charge is 0.373 e. The van der Waals surface area contributed by atoms with Crippen LogP contribution in [0.25, 0.3) is 0 Å². The molecule has 1 amide bonds. The first kappa shape index (κ1) is 17.6. The van der Waals surface area contributed by atoms with E-state index >= 15 is 0 Å². The number of benzene rings is 2. The van der Waals surface area contributed by atoms with Crippen molar-refractivity contribution in [3.05, 3.63) is 64.1 Å². The molecule has 0 spiro atoms. The monoisotopic (exact) mass is 350 g/mol. The Morgan fingerprint density at radius 1 is 1.04 bits per heavy atom. The zero-order valence-electron chi connectivity index (χ0n) is 13.1. The van der Waals surface area contributed by atoms with Crippen LogP contribution in [-0.2, 0) is 11.2 Å². The van der Waals surface area contributed by atoms with Gasteiger partial charge in [-0.1, -0.05) is 47.5 Å². The molecule has 2 aromatic carbocycles. The van der Waals surface area contributed by atoms with Crippen molar-refractivity contribution in [3.8, 4) is 0 Å². The number of rotatable bonds is 7. The second-order valence-corrected chi connectivity index (χ2v) is 6.12. The van der Waals surface area contributed by atoms with Gasteiger partial charge in [0, 0.05) is 42.3 Å². The molecule has 1 N–H and O–H groups in total. The Kier molecular flexibility index (Phi) is 6.75. The first-order valence-electron chi connectivity index (χ1n) is 7.53. The van der Waals surface area contributed by atoms with Gasteiger partial charge in [-0.2, -0.15) is 0 Å². The van der Waals surface area contributed by atoms with Crippen molar-refractivity contribution in [2.75, 3.05) is 25.0 Å². The van der Waals surface area contributed by atoms with Gasteiger partial charge in [0.25, 0.3) is 0 Å². The summed E-state index contributed by atoms with van der Waals surface area (Å²) >= 11 is 12.2. The van der Waals surface area contributed by atoms with Gasteiger partial charge in [0.05, 0.1) is 0 Å². The smallest absolute Gasteiger partial charge is 0.220 e. The standard InChI is InChI=1S/C18H20Cl2N2O/c1-22(14-6-3-2-4-7-14)13-12-21-18(23)11-10-15-16(19)8-5-9-17(15)20/h2-9H,10-13H2,1H3,(H,21,23). The van der Waals surface area contributed by atoms with Gasteiger partial charge in [0.1, 0.15) is 0 Å². The molecule has 122 valence electrons. The van der Waals surface area contributed by atoms with E-state index in [0.29, 0.717) is 29.4 Å². The molecule has 5 heteroatoms. The van der Waals surface area contributed by atoms with Crippen LogP contribution in [-0.4, -0.2) is 26.0 Å². The van der Waals surface area contributed by atoms with Gasteiger partial charge in [-0.25, -0.2) is 0 Å². The number of anilines is 1. The molecule has 0 saturated carbocycles. The van der Waals surface area contributed by atoms with Crippen molar-refractivity contribution >= 4 is 34.8 Å². The minimum atomic E-state index is 0.00227. The molecule has 0 unspecified atom stereocenters. The minimum absolute atomic E-state index is 0.00227. The van der Waals surface area contributed by atoms with Crippen molar-refractivity contribution in [2.45, 2.75) is 12.8 Å². The Hall–Kier alpha value is -1.71. The Labute approximate surface area is 147 Å². The van der Waals surface area contributed by atoms with E-state index in [1.54, 1.807) is 18.2 Å². The van der Waals surface area contributed by atoms with Gasteiger partial charge >= 0.3 is 0 Å². The molecule has 3 nitrogen and oxygen atoms in total. The third kappa shape index (κ3) is 5.45.